The fraction of sp³-hybridized carbons (Fsp3) is 0.692. The lowest BCUT2D eigenvalue weighted by atomic mass is 10.0. The number of fused-ring (bicyclic) bond motifs is 1. The molecule has 3 nitrogen and oxygen atoms in total. The van der Waals surface area contributed by atoms with Crippen molar-refractivity contribution in [3.8, 4) is 0 Å². The maximum Gasteiger partial charge on any atom is 0.346 e. The molecule has 0 amide bonds. The zero-order valence-electron chi connectivity index (χ0n) is 10.00. The Morgan fingerprint density at radius 1 is 1.12 bits per heavy atom. The summed E-state index contributed by atoms with van der Waals surface area (Å²) in [5.74, 6) is 0. The Balaban J connectivity index is 1.84. The van der Waals surface area contributed by atoms with E-state index in [-0.39, 0.29) is 5.69 Å². The summed E-state index contributed by atoms with van der Waals surface area (Å²) in [6, 6.07) is 0. The highest BCUT2D eigenvalue weighted by Crippen LogP contribution is 2.36. The minimum absolute atomic E-state index is 0.163. The van der Waals surface area contributed by atoms with Crippen molar-refractivity contribution in [1.29, 1.82) is 0 Å². The Labute approximate surface area is 105 Å². The maximum atomic E-state index is 11.5. The van der Waals surface area contributed by atoms with Gasteiger partial charge in [-0.2, -0.15) is 4.98 Å². The number of thioether (sulfide) groups is 1. The van der Waals surface area contributed by atoms with Crippen LogP contribution in [-0.4, -0.2) is 15.2 Å². The highest BCUT2D eigenvalue weighted by atomic mass is 32.2. The quantitative estimate of drug-likeness (QED) is 0.821. The third kappa shape index (κ3) is 2.41. The van der Waals surface area contributed by atoms with E-state index in [2.05, 4.69) is 9.97 Å². The molecule has 2 aliphatic rings. The Morgan fingerprint density at radius 2 is 1.94 bits per heavy atom. The molecule has 3 rings (SSSR count). The highest BCUT2D eigenvalue weighted by Gasteiger charge is 2.22. The van der Waals surface area contributed by atoms with Crippen LogP contribution < -0.4 is 5.69 Å². The van der Waals surface area contributed by atoms with Gasteiger partial charge < -0.3 is 4.98 Å². The van der Waals surface area contributed by atoms with E-state index < -0.39 is 0 Å². The molecule has 0 aliphatic heterocycles. The lowest BCUT2D eigenvalue weighted by Crippen LogP contribution is -2.16. The van der Waals surface area contributed by atoms with Crippen LogP contribution in [0.1, 0.15) is 49.8 Å². The summed E-state index contributed by atoms with van der Waals surface area (Å²) >= 11 is 1.85. The summed E-state index contributed by atoms with van der Waals surface area (Å²) in [5.41, 5.74) is 2.30. The summed E-state index contributed by atoms with van der Waals surface area (Å²) in [6.07, 6.45) is 9.89. The first-order valence-electron chi connectivity index (χ1n) is 6.61. The number of aromatic nitrogens is 2. The first-order valence-corrected chi connectivity index (χ1v) is 7.49. The van der Waals surface area contributed by atoms with Crippen LogP contribution in [0.25, 0.3) is 0 Å². The molecule has 2 aliphatic carbocycles. The number of rotatable bonds is 2. The van der Waals surface area contributed by atoms with Crippen molar-refractivity contribution in [2.75, 3.05) is 0 Å². The topological polar surface area (TPSA) is 45.8 Å². The van der Waals surface area contributed by atoms with Crippen molar-refractivity contribution in [3.63, 3.8) is 0 Å². The molecule has 1 aromatic heterocycles. The molecular weight excluding hydrogens is 232 g/mol. The van der Waals surface area contributed by atoms with E-state index in [1.807, 2.05) is 11.8 Å². The first kappa shape index (κ1) is 11.3. The average molecular weight is 250 g/mol. The molecule has 0 atom stereocenters. The van der Waals surface area contributed by atoms with Crippen LogP contribution in [-0.2, 0) is 12.8 Å². The van der Waals surface area contributed by atoms with Crippen molar-refractivity contribution in [2.24, 2.45) is 0 Å². The second-order valence-electron chi connectivity index (χ2n) is 5.04. The lowest BCUT2D eigenvalue weighted by molar-refractivity contribution is 0.515. The van der Waals surface area contributed by atoms with E-state index in [1.54, 1.807) is 0 Å². The third-order valence-electron chi connectivity index (χ3n) is 3.77. The molecule has 1 saturated carbocycles. The van der Waals surface area contributed by atoms with Crippen LogP contribution in [0.5, 0.6) is 0 Å². The van der Waals surface area contributed by atoms with Gasteiger partial charge in [0.2, 0.25) is 0 Å². The largest absolute Gasteiger partial charge is 0.346 e. The highest BCUT2D eigenvalue weighted by molar-refractivity contribution is 7.99. The van der Waals surface area contributed by atoms with Crippen LogP contribution >= 0.6 is 11.8 Å². The van der Waals surface area contributed by atoms with E-state index in [9.17, 15) is 4.79 Å². The van der Waals surface area contributed by atoms with Gasteiger partial charge in [-0.3, -0.25) is 0 Å². The van der Waals surface area contributed by atoms with Crippen molar-refractivity contribution >= 4 is 11.8 Å². The molecule has 0 spiro atoms. The van der Waals surface area contributed by atoms with Gasteiger partial charge >= 0.3 is 5.69 Å². The minimum Gasteiger partial charge on any atom is -0.309 e. The van der Waals surface area contributed by atoms with Gasteiger partial charge in [-0.05, 0) is 32.1 Å². The van der Waals surface area contributed by atoms with E-state index in [0.717, 1.165) is 30.0 Å². The molecule has 1 heterocycles. The van der Waals surface area contributed by atoms with Crippen molar-refractivity contribution in [3.05, 3.63) is 21.7 Å². The predicted molar refractivity (Wildman–Crippen MR) is 69.6 cm³/mol. The van der Waals surface area contributed by atoms with Gasteiger partial charge in [0, 0.05) is 16.5 Å². The summed E-state index contributed by atoms with van der Waals surface area (Å²) in [4.78, 5) is 18.6. The molecule has 0 saturated heterocycles. The number of hydrogen-bond donors (Lipinski definition) is 1. The van der Waals surface area contributed by atoms with Crippen LogP contribution in [0.3, 0.4) is 0 Å². The van der Waals surface area contributed by atoms with E-state index in [4.69, 9.17) is 0 Å². The van der Waals surface area contributed by atoms with E-state index in [1.165, 1.54) is 37.7 Å². The van der Waals surface area contributed by atoms with Gasteiger partial charge in [-0.1, -0.05) is 19.3 Å². The molecule has 1 fully saturated rings. The zero-order chi connectivity index (χ0) is 11.7. The monoisotopic (exact) mass is 250 g/mol. The molecule has 0 bridgehead atoms. The Morgan fingerprint density at radius 3 is 2.76 bits per heavy atom. The Hall–Kier alpha value is -0.770. The smallest absolute Gasteiger partial charge is 0.309 e. The van der Waals surface area contributed by atoms with Crippen LogP contribution in [0.15, 0.2) is 9.82 Å². The summed E-state index contributed by atoms with van der Waals surface area (Å²) in [7, 11) is 0. The number of hydrogen-bond acceptors (Lipinski definition) is 3. The number of aromatic amines is 1. The normalized spacial score (nSPS) is 20.5. The fourth-order valence-corrected chi connectivity index (χ4v) is 4.26. The maximum absolute atomic E-state index is 11.5. The van der Waals surface area contributed by atoms with Gasteiger partial charge in [0.05, 0.1) is 0 Å². The zero-order valence-corrected chi connectivity index (χ0v) is 10.8. The van der Waals surface area contributed by atoms with Crippen molar-refractivity contribution in [1.82, 2.24) is 9.97 Å². The number of nitrogens with zero attached hydrogens (tertiary/aromatic N) is 1. The predicted octanol–water partition coefficient (Wildman–Crippen LogP) is 2.68. The second kappa shape index (κ2) is 4.84. The van der Waals surface area contributed by atoms with Crippen LogP contribution in [0.2, 0.25) is 0 Å². The van der Waals surface area contributed by atoms with Crippen LogP contribution in [0.4, 0.5) is 0 Å². The summed E-state index contributed by atoms with van der Waals surface area (Å²) in [5, 5.41) is 1.70. The second-order valence-corrected chi connectivity index (χ2v) is 6.32. The minimum atomic E-state index is -0.163. The standard InChI is InChI=1S/C13H18N2OS/c16-13-14-11-8-4-7-10(11)12(15-13)17-9-5-2-1-3-6-9/h9H,1-8H2,(H,14,15,16). The number of nitrogens with one attached hydrogen (secondary N) is 1. The molecule has 1 aromatic rings. The van der Waals surface area contributed by atoms with E-state index in [0.29, 0.717) is 5.25 Å². The van der Waals surface area contributed by atoms with E-state index >= 15 is 0 Å². The lowest BCUT2D eigenvalue weighted by Gasteiger charge is -2.21. The van der Waals surface area contributed by atoms with Gasteiger partial charge in [-0.15, -0.1) is 11.8 Å². The van der Waals surface area contributed by atoms with Gasteiger partial charge in [-0.25, -0.2) is 4.79 Å². The third-order valence-corrected chi connectivity index (χ3v) is 5.13. The van der Waals surface area contributed by atoms with Gasteiger partial charge in [0.15, 0.2) is 0 Å². The molecule has 0 unspecified atom stereocenters. The number of H-pyrrole nitrogens is 1. The Bertz CT molecular complexity index is 463. The average Bonchev–Trinajstić information content (AvgIpc) is 2.78. The fourth-order valence-electron chi connectivity index (χ4n) is 2.87. The first-order chi connectivity index (χ1) is 8.33. The molecule has 92 valence electrons. The molecule has 1 N–H and O–H groups in total. The Kier molecular flexibility index (Phi) is 3.23. The summed E-state index contributed by atoms with van der Waals surface area (Å²) in [6.45, 7) is 0. The molecule has 17 heavy (non-hydrogen) atoms. The number of aryl methyl sites for hydroxylation is 1. The van der Waals surface area contributed by atoms with Gasteiger partial charge in [0.1, 0.15) is 5.03 Å². The van der Waals surface area contributed by atoms with Crippen molar-refractivity contribution in [2.45, 2.75) is 61.6 Å². The summed E-state index contributed by atoms with van der Waals surface area (Å²) < 4.78 is 0. The molecule has 0 aromatic carbocycles. The van der Waals surface area contributed by atoms with Crippen LogP contribution in [0, 0.1) is 0 Å². The molecule has 4 heteroatoms. The van der Waals surface area contributed by atoms with Crippen molar-refractivity contribution < 1.29 is 0 Å². The molecular formula is C13H18N2OS. The molecule has 0 radical (unpaired) electrons. The van der Waals surface area contributed by atoms with Gasteiger partial charge in [0.25, 0.3) is 0 Å². The SMILES string of the molecule is O=c1nc(SC2CCCCC2)c2c([nH]1)CCC2.